The van der Waals surface area contributed by atoms with Crippen LogP contribution in [0.3, 0.4) is 0 Å². The van der Waals surface area contributed by atoms with E-state index in [0.29, 0.717) is 31.3 Å². The second-order valence-electron chi connectivity index (χ2n) is 4.13. The molecule has 0 aliphatic carbocycles. The zero-order valence-corrected chi connectivity index (χ0v) is 11.1. The maximum atomic E-state index is 12.2. The van der Waals surface area contributed by atoms with Gasteiger partial charge in [-0.2, -0.15) is 5.26 Å². The van der Waals surface area contributed by atoms with Crippen molar-refractivity contribution in [1.82, 2.24) is 4.90 Å². The van der Waals surface area contributed by atoms with Crippen LogP contribution in [0.4, 0.5) is 0 Å². The molecule has 0 spiro atoms. The Kier molecular flexibility index (Phi) is 4.56. The lowest BCUT2D eigenvalue weighted by molar-refractivity contribution is -0.130. The van der Waals surface area contributed by atoms with Crippen molar-refractivity contribution in [3.63, 3.8) is 0 Å². The summed E-state index contributed by atoms with van der Waals surface area (Å²) >= 11 is 5.79. The summed E-state index contributed by atoms with van der Waals surface area (Å²) < 4.78 is 5.18. The molecule has 1 aliphatic rings. The van der Waals surface area contributed by atoms with Crippen molar-refractivity contribution in [3.05, 3.63) is 40.4 Å². The van der Waals surface area contributed by atoms with Crippen LogP contribution in [0.15, 0.2) is 29.8 Å². The zero-order valence-electron chi connectivity index (χ0n) is 10.3. The van der Waals surface area contributed by atoms with Crippen LogP contribution in [-0.2, 0) is 9.53 Å². The SMILES string of the molecule is N#C/C(=C\c1ccc(Cl)cc1)C(=O)N1CCOCC1. The second kappa shape index (κ2) is 6.37. The summed E-state index contributed by atoms with van der Waals surface area (Å²) in [5, 5.41) is 9.74. The number of morpholine rings is 1. The fourth-order valence-corrected chi connectivity index (χ4v) is 1.93. The second-order valence-corrected chi connectivity index (χ2v) is 4.56. The molecule has 1 amide bonds. The average Bonchev–Trinajstić information content (AvgIpc) is 2.47. The molecule has 98 valence electrons. The van der Waals surface area contributed by atoms with E-state index in [2.05, 4.69) is 0 Å². The molecular formula is C14H13ClN2O2. The molecule has 2 rings (SSSR count). The number of carbonyl (C=O) groups is 1. The van der Waals surface area contributed by atoms with Gasteiger partial charge in [0.15, 0.2) is 0 Å². The molecular weight excluding hydrogens is 264 g/mol. The first-order valence-corrected chi connectivity index (χ1v) is 6.33. The van der Waals surface area contributed by atoms with Gasteiger partial charge >= 0.3 is 0 Å². The van der Waals surface area contributed by atoms with Gasteiger partial charge in [-0.15, -0.1) is 0 Å². The normalized spacial score (nSPS) is 16.0. The Morgan fingerprint density at radius 1 is 1.32 bits per heavy atom. The maximum absolute atomic E-state index is 12.2. The molecule has 0 aromatic heterocycles. The first-order chi connectivity index (χ1) is 9.20. The van der Waals surface area contributed by atoms with Gasteiger partial charge in [-0.05, 0) is 23.8 Å². The molecule has 5 heteroatoms. The van der Waals surface area contributed by atoms with E-state index in [-0.39, 0.29) is 11.5 Å². The number of hydrogen-bond acceptors (Lipinski definition) is 3. The predicted octanol–water partition coefficient (Wildman–Crippen LogP) is 2.11. The van der Waals surface area contributed by atoms with Crippen LogP contribution in [-0.4, -0.2) is 37.1 Å². The van der Waals surface area contributed by atoms with Gasteiger partial charge in [0.05, 0.1) is 13.2 Å². The highest BCUT2D eigenvalue weighted by atomic mass is 35.5. The molecule has 0 bridgehead atoms. The molecule has 0 atom stereocenters. The van der Waals surface area contributed by atoms with Gasteiger partial charge in [-0.25, -0.2) is 0 Å². The van der Waals surface area contributed by atoms with Crippen LogP contribution < -0.4 is 0 Å². The first-order valence-electron chi connectivity index (χ1n) is 5.95. The quantitative estimate of drug-likeness (QED) is 0.614. The first kappa shape index (κ1) is 13.6. The molecule has 1 fully saturated rings. The molecule has 4 nitrogen and oxygen atoms in total. The number of hydrogen-bond donors (Lipinski definition) is 0. The van der Waals surface area contributed by atoms with E-state index >= 15 is 0 Å². The topological polar surface area (TPSA) is 53.3 Å². The van der Waals surface area contributed by atoms with Crippen LogP contribution in [0.2, 0.25) is 5.02 Å². The number of nitriles is 1. The van der Waals surface area contributed by atoms with E-state index in [9.17, 15) is 4.79 Å². The third kappa shape index (κ3) is 3.57. The maximum Gasteiger partial charge on any atom is 0.264 e. The fourth-order valence-electron chi connectivity index (χ4n) is 1.80. The third-order valence-corrected chi connectivity index (χ3v) is 3.08. The van der Waals surface area contributed by atoms with E-state index in [0.717, 1.165) is 5.56 Å². The number of amides is 1. The summed E-state index contributed by atoms with van der Waals surface area (Å²) in [6.07, 6.45) is 1.58. The highest BCUT2D eigenvalue weighted by Gasteiger charge is 2.20. The van der Waals surface area contributed by atoms with E-state index < -0.39 is 0 Å². The van der Waals surface area contributed by atoms with Crippen molar-refractivity contribution in [2.45, 2.75) is 0 Å². The molecule has 1 saturated heterocycles. The van der Waals surface area contributed by atoms with E-state index in [1.54, 1.807) is 35.2 Å². The molecule has 0 N–H and O–H groups in total. The van der Waals surface area contributed by atoms with Crippen LogP contribution >= 0.6 is 11.6 Å². The Morgan fingerprint density at radius 2 is 1.95 bits per heavy atom. The minimum absolute atomic E-state index is 0.129. The largest absolute Gasteiger partial charge is 0.378 e. The summed E-state index contributed by atoms with van der Waals surface area (Å²) in [6.45, 7) is 2.09. The minimum Gasteiger partial charge on any atom is -0.378 e. The minimum atomic E-state index is -0.249. The smallest absolute Gasteiger partial charge is 0.264 e. The fraction of sp³-hybridized carbons (Fsp3) is 0.286. The Hall–Kier alpha value is -1.83. The van der Waals surface area contributed by atoms with Crippen molar-refractivity contribution < 1.29 is 9.53 Å². The number of benzene rings is 1. The highest BCUT2D eigenvalue weighted by Crippen LogP contribution is 2.14. The Balaban J connectivity index is 2.17. The lowest BCUT2D eigenvalue weighted by Crippen LogP contribution is -2.41. The molecule has 19 heavy (non-hydrogen) atoms. The zero-order chi connectivity index (χ0) is 13.7. The summed E-state index contributed by atoms with van der Waals surface area (Å²) in [7, 11) is 0. The van der Waals surface area contributed by atoms with Crippen LogP contribution in [0.1, 0.15) is 5.56 Å². The lowest BCUT2D eigenvalue weighted by atomic mass is 10.1. The van der Waals surface area contributed by atoms with Crippen LogP contribution in [0.25, 0.3) is 6.08 Å². The summed E-state index contributed by atoms with van der Waals surface area (Å²) in [5.74, 6) is -0.249. The van der Waals surface area contributed by atoms with Gasteiger partial charge in [0.25, 0.3) is 5.91 Å². The Labute approximate surface area is 116 Å². The molecule has 0 saturated carbocycles. The monoisotopic (exact) mass is 276 g/mol. The van der Waals surface area contributed by atoms with Crippen molar-refractivity contribution in [2.24, 2.45) is 0 Å². The van der Waals surface area contributed by atoms with E-state index in [1.807, 2.05) is 6.07 Å². The van der Waals surface area contributed by atoms with E-state index in [4.69, 9.17) is 21.6 Å². The molecule has 1 heterocycles. The predicted molar refractivity (Wildman–Crippen MR) is 72.4 cm³/mol. The van der Waals surface area contributed by atoms with Gasteiger partial charge in [0.2, 0.25) is 0 Å². The standard InChI is InChI=1S/C14H13ClN2O2/c15-13-3-1-11(2-4-13)9-12(10-16)14(18)17-5-7-19-8-6-17/h1-4,9H,5-8H2/b12-9+. The van der Waals surface area contributed by atoms with E-state index in [1.165, 1.54) is 0 Å². The van der Waals surface area contributed by atoms with Crippen LogP contribution in [0.5, 0.6) is 0 Å². The number of halogens is 1. The third-order valence-electron chi connectivity index (χ3n) is 2.83. The van der Waals surface area contributed by atoms with Gasteiger partial charge in [0, 0.05) is 18.1 Å². The number of carbonyl (C=O) groups excluding carboxylic acids is 1. The summed E-state index contributed by atoms with van der Waals surface area (Å²) in [6, 6.07) is 8.95. The van der Waals surface area contributed by atoms with Crippen LogP contribution in [0, 0.1) is 11.3 Å². The Morgan fingerprint density at radius 3 is 2.53 bits per heavy atom. The molecule has 0 unspecified atom stereocenters. The van der Waals surface area contributed by atoms with Crippen molar-refractivity contribution >= 4 is 23.6 Å². The van der Waals surface area contributed by atoms with Gasteiger partial charge in [-0.3, -0.25) is 4.79 Å². The number of ether oxygens (including phenoxy) is 1. The summed E-state index contributed by atoms with van der Waals surface area (Å²) in [4.78, 5) is 13.8. The molecule has 1 aliphatic heterocycles. The van der Waals surface area contributed by atoms with Crippen molar-refractivity contribution in [2.75, 3.05) is 26.3 Å². The lowest BCUT2D eigenvalue weighted by Gasteiger charge is -2.26. The molecule has 1 aromatic carbocycles. The number of rotatable bonds is 2. The molecule has 0 radical (unpaired) electrons. The Bertz CT molecular complexity index is 525. The van der Waals surface area contributed by atoms with Crippen molar-refractivity contribution in [1.29, 1.82) is 5.26 Å². The molecule has 1 aromatic rings. The van der Waals surface area contributed by atoms with Gasteiger partial charge in [-0.1, -0.05) is 23.7 Å². The average molecular weight is 277 g/mol. The van der Waals surface area contributed by atoms with Crippen molar-refractivity contribution in [3.8, 4) is 6.07 Å². The van der Waals surface area contributed by atoms with Gasteiger partial charge < -0.3 is 9.64 Å². The highest BCUT2D eigenvalue weighted by molar-refractivity contribution is 6.30. The number of nitrogens with zero attached hydrogens (tertiary/aromatic N) is 2. The van der Waals surface area contributed by atoms with Gasteiger partial charge in [0.1, 0.15) is 11.6 Å². The summed E-state index contributed by atoms with van der Waals surface area (Å²) in [5.41, 5.74) is 0.909.